The summed E-state index contributed by atoms with van der Waals surface area (Å²) in [7, 11) is -3.71. The normalized spacial score (nSPS) is 11.7. The molecule has 0 aliphatic rings. The lowest BCUT2D eigenvalue weighted by atomic mass is 10.2. The van der Waals surface area contributed by atoms with Gasteiger partial charge in [-0.3, -0.25) is 0 Å². The average Bonchev–Trinajstić information content (AvgIpc) is 2.59. The number of rotatable bonds is 2. The van der Waals surface area contributed by atoms with Crippen molar-refractivity contribution in [3.05, 3.63) is 41.7 Å². The van der Waals surface area contributed by atoms with Crippen LogP contribution < -0.4 is 5.14 Å². The van der Waals surface area contributed by atoms with Crippen LogP contribution in [0.3, 0.4) is 0 Å². The van der Waals surface area contributed by atoms with E-state index in [1.165, 1.54) is 6.20 Å². The summed E-state index contributed by atoms with van der Waals surface area (Å²) >= 11 is 0. The highest BCUT2D eigenvalue weighted by atomic mass is 32.2. The molecule has 0 fully saturated rings. The molecule has 2 rings (SSSR count). The molecule has 0 spiro atoms. The van der Waals surface area contributed by atoms with E-state index in [0.29, 0.717) is 5.69 Å². The predicted octanol–water partition coefficient (Wildman–Crippen LogP) is 1.14. The summed E-state index contributed by atoms with van der Waals surface area (Å²) in [5.41, 5.74) is 2.41. The van der Waals surface area contributed by atoms with Gasteiger partial charge in [0, 0.05) is 0 Å². The Labute approximate surface area is 99.9 Å². The molecular weight excluding hydrogens is 238 g/mol. The Morgan fingerprint density at radius 3 is 2.53 bits per heavy atom. The van der Waals surface area contributed by atoms with Crippen molar-refractivity contribution in [2.45, 2.75) is 18.7 Å². The monoisotopic (exact) mass is 251 g/mol. The largest absolute Gasteiger partial charge is 0.241 e. The van der Waals surface area contributed by atoms with Gasteiger partial charge in [-0.05, 0) is 31.5 Å². The van der Waals surface area contributed by atoms with Crippen molar-refractivity contribution in [2.24, 2.45) is 5.14 Å². The van der Waals surface area contributed by atoms with Crippen molar-refractivity contribution < 1.29 is 8.42 Å². The molecule has 2 N–H and O–H groups in total. The SMILES string of the molecule is Cc1cccc(-n2ncc(S(N)(=O)=O)c2C)c1. The van der Waals surface area contributed by atoms with E-state index in [-0.39, 0.29) is 4.90 Å². The molecule has 0 saturated heterocycles. The molecule has 0 saturated carbocycles. The minimum absolute atomic E-state index is 0.0546. The first-order chi connectivity index (χ1) is 7.89. The summed E-state index contributed by atoms with van der Waals surface area (Å²) in [6.45, 7) is 3.64. The molecule has 0 bridgehead atoms. The molecule has 1 aromatic heterocycles. The topological polar surface area (TPSA) is 78.0 Å². The van der Waals surface area contributed by atoms with Crippen LogP contribution in [0.4, 0.5) is 0 Å². The van der Waals surface area contributed by atoms with Crippen LogP contribution in [0.15, 0.2) is 35.4 Å². The van der Waals surface area contributed by atoms with E-state index in [4.69, 9.17) is 5.14 Å². The van der Waals surface area contributed by atoms with E-state index in [9.17, 15) is 8.42 Å². The van der Waals surface area contributed by atoms with Gasteiger partial charge in [0.05, 0.1) is 17.6 Å². The number of sulfonamides is 1. The van der Waals surface area contributed by atoms with Crippen molar-refractivity contribution in [1.29, 1.82) is 0 Å². The molecular formula is C11H13N3O2S. The minimum Gasteiger partial charge on any atom is -0.237 e. The van der Waals surface area contributed by atoms with E-state index >= 15 is 0 Å². The first-order valence-corrected chi connectivity index (χ1v) is 6.58. The van der Waals surface area contributed by atoms with E-state index in [1.54, 1.807) is 11.6 Å². The minimum atomic E-state index is -3.71. The number of aryl methyl sites for hydroxylation is 1. The van der Waals surface area contributed by atoms with Gasteiger partial charge in [0.2, 0.25) is 10.0 Å². The smallest absolute Gasteiger partial charge is 0.237 e. The summed E-state index contributed by atoms with van der Waals surface area (Å²) in [5, 5.41) is 9.15. The molecule has 0 aliphatic carbocycles. The number of primary sulfonamides is 1. The lowest BCUT2D eigenvalue weighted by Gasteiger charge is -2.05. The quantitative estimate of drug-likeness (QED) is 0.869. The predicted molar refractivity (Wildman–Crippen MR) is 64.4 cm³/mol. The first kappa shape index (κ1) is 11.8. The van der Waals surface area contributed by atoms with E-state index in [1.807, 2.05) is 31.2 Å². The Kier molecular flexibility index (Phi) is 2.76. The van der Waals surface area contributed by atoms with Crippen molar-refractivity contribution >= 4 is 10.0 Å². The second-order valence-corrected chi connectivity index (χ2v) is 5.42. The molecule has 1 aromatic carbocycles. The maximum Gasteiger partial charge on any atom is 0.241 e. The van der Waals surface area contributed by atoms with Gasteiger partial charge in [-0.15, -0.1) is 0 Å². The fourth-order valence-electron chi connectivity index (χ4n) is 1.69. The molecule has 90 valence electrons. The second kappa shape index (κ2) is 3.97. The van der Waals surface area contributed by atoms with E-state index in [0.717, 1.165) is 11.3 Å². The van der Waals surface area contributed by atoms with Gasteiger partial charge >= 0.3 is 0 Å². The summed E-state index contributed by atoms with van der Waals surface area (Å²) in [6.07, 6.45) is 1.27. The number of hydrogen-bond donors (Lipinski definition) is 1. The Morgan fingerprint density at radius 1 is 1.29 bits per heavy atom. The second-order valence-electron chi connectivity index (χ2n) is 3.89. The zero-order chi connectivity index (χ0) is 12.6. The van der Waals surface area contributed by atoms with Crippen LogP contribution in [0.1, 0.15) is 11.3 Å². The third kappa shape index (κ3) is 2.22. The van der Waals surface area contributed by atoms with Crippen molar-refractivity contribution in [3.63, 3.8) is 0 Å². The third-order valence-electron chi connectivity index (χ3n) is 2.52. The summed E-state index contributed by atoms with van der Waals surface area (Å²) in [6, 6.07) is 7.64. The average molecular weight is 251 g/mol. The number of benzene rings is 1. The molecule has 0 amide bonds. The molecule has 5 nitrogen and oxygen atoms in total. The molecule has 0 radical (unpaired) electrons. The Balaban J connectivity index is 2.60. The van der Waals surface area contributed by atoms with Crippen LogP contribution >= 0.6 is 0 Å². The zero-order valence-electron chi connectivity index (χ0n) is 9.58. The van der Waals surface area contributed by atoms with Gasteiger partial charge in [-0.25, -0.2) is 18.2 Å². The van der Waals surface area contributed by atoms with Crippen molar-refractivity contribution in [1.82, 2.24) is 9.78 Å². The highest BCUT2D eigenvalue weighted by molar-refractivity contribution is 7.89. The van der Waals surface area contributed by atoms with E-state index < -0.39 is 10.0 Å². The Bertz CT molecular complexity index is 659. The van der Waals surface area contributed by atoms with Gasteiger partial charge in [0.25, 0.3) is 0 Å². The fourth-order valence-corrected chi connectivity index (χ4v) is 2.39. The highest BCUT2D eigenvalue weighted by Crippen LogP contribution is 2.17. The number of aromatic nitrogens is 2. The van der Waals surface area contributed by atoms with Gasteiger partial charge in [-0.2, -0.15) is 5.10 Å². The molecule has 1 heterocycles. The van der Waals surface area contributed by atoms with Crippen LogP contribution in [-0.2, 0) is 10.0 Å². The lowest BCUT2D eigenvalue weighted by molar-refractivity contribution is 0.597. The summed E-state index contributed by atoms with van der Waals surface area (Å²) in [4.78, 5) is 0.0546. The summed E-state index contributed by atoms with van der Waals surface area (Å²) < 4.78 is 24.1. The molecule has 2 aromatic rings. The van der Waals surface area contributed by atoms with Crippen LogP contribution in [0.5, 0.6) is 0 Å². The van der Waals surface area contributed by atoms with Crippen molar-refractivity contribution in [3.8, 4) is 5.69 Å². The third-order valence-corrected chi connectivity index (χ3v) is 3.53. The van der Waals surface area contributed by atoms with Crippen LogP contribution in [-0.4, -0.2) is 18.2 Å². The number of hydrogen-bond acceptors (Lipinski definition) is 3. The fraction of sp³-hybridized carbons (Fsp3) is 0.182. The Hall–Kier alpha value is -1.66. The standard InChI is InChI=1S/C11H13N3O2S/c1-8-4-3-5-10(6-8)14-9(2)11(7-13-14)17(12,15)16/h3-7H,1-2H3,(H2,12,15,16). The van der Waals surface area contributed by atoms with Crippen LogP contribution in [0.2, 0.25) is 0 Å². The molecule has 0 unspecified atom stereocenters. The first-order valence-electron chi connectivity index (χ1n) is 5.04. The molecule has 0 atom stereocenters. The zero-order valence-corrected chi connectivity index (χ0v) is 10.4. The molecule has 0 aliphatic heterocycles. The number of nitrogens with two attached hydrogens (primary N) is 1. The number of nitrogens with zero attached hydrogens (tertiary/aromatic N) is 2. The van der Waals surface area contributed by atoms with Crippen LogP contribution in [0.25, 0.3) is 5.69 Å². The van der Waals surface area contributed by atoms with Gasteiger partial charge < -0.3 is 0 Å². The Morgan fingerprint density at radius 2 is 2.00 bits per heavy atom. The summed E-state index contributed by atoms with van der Waals surface area (Å²) in [5.74, 6) is 0. The van der Waals surface area contributed by atoms with E-state index in [2.05, 4.69) is 5.10 Å². The molecule has 17 heavy (non-hydrogen) atoms. The van der Waals surface area contributed by atoms with Crippen LogP contribution in [0, 0.1) is 13.8 Å². The van der Waals surface area contributed by atoms with Gasteiger partial charge in [-0.1, -0.05) is 12.1 Å². The van der Waals surface area contributed by atoms with Crippen molar-refractivity contribution in [2.75, 3.05) is 0 Å². The lowest BCUT2D eigenvalue weighted by Crippen LogP contribution is -2.13. The van der Waals surface area contributed by atoms with Gasteiger partial charge in [0.15, 0.2) is 0 Å². The molecule has 6 heteroatoms. The maximum atomic E-state index is 11.3. The van der Waals surface area contributed by atoms with Gasteiger partial charge in [0.1, 0.15) is 4.90 Å². The highest BCUT2D eigenvalue weighted by Gasteiger charge is 2.17. The maximum absolute atomic E-state index is 11.3.